The van der Waals surface area contributed by atoms with Gasteiger partial charge >= 0.3 is 6.18 Å². The van der Waals surface area contributed by atoms with Crippen LogP contribution in [-0.4, -0.2) is 36.5 Å². The molecule has 14 heavy (non-hydrogen) atoms. The molecule has 1 saturated heterocycles. The van der Waals surface area contributed by atoms with Crippen LogP contribution < -0.4 is 0 Å². The minimum atomic E-state index is -4.12. The lowest BCUT2D eigenvalue weighted by Gasteiger charge is -2.31. The number of ketones is 1. The van der Waals surface area contributed by atoms with Crippen LogP contribution in [0.1, 0.15) is 19.8 Å². The first-order valence-corrected chi connectivity index (χ1v) is 4.68. The summed E-state index contributed by atoms with van der Waals surface area (Å²) in [6, 6.07) is 0. The molecule has 1 rings (SSSR count). The predicted molar refractivity (Wildman–Crippen MR) is 45.9 cm³/mol. The number of piperidine rings is 1. The number of carbonyl (C=O) groups excluding carboxylic acids is 1. The molecule has 0 spiro atoms. The molecule has 0 aromatic rings. The van der Waals surface area contributed by atoms with E-state index >= 15 is 0 Å². The van der Waals surface area contributed by atoms with E-state index in [2.05, 4.69) is 0 Å². The second-order valence-corrected chi connectivity index (χ2v) is 3.78. The Morgan fingerprint density at radius 1 is 1.36 bits per heavy atom. The van der Waals surface area contributed by atoms with E-state index in [0.717, 1.165) is 0 Å². The van der Waals surface area contributed by atoms with Crippen LogP contribution in [-0.2, 0) is 4.79 Å². The highest BCUT2D eigenvalue weighted by molar-refractivity contribution is 5.78. The minimum Gasteiger partial charge on any atom is -0.300 e. The van der Waals surface area contributed by atoms with Crippen molar-refractivity contribution in [3.05, 3.63) is 0 Å². The number of likely N-dealkylation sites (tertiary alicyclic amines) is 1. The summed E-state index contributed by atoms with van der Waals surface area (Å²) in [5.74, 6) is 0.0659. The Hall–Kier alpha value is -0.580. The molecule has 0 atom stereocenters. The summed E-state index contributed by atoms with van der Waals surface area (Å²) in [4.78, 5) is 12.3. The zero-order valence-corrected chi connectivity index (χ0v) is 8.10. The first-order chi connectivity index (χ1) is 6.38. The molecule has 0 aliphatic carbocycles. The van der Waals surface area contributed by atoms with E-state index in [1.54, 1.807) is 0 Å². The Bertz CT molecular complexity index is 207. The zero-order chi connectivity index (χ0) is 10.8. The van der Waals surface area contributed by atoms with Gasteiger partial charge in [-0.3, -0.25) is 9.69 Å². The monoisotopic (exact) mass is 209 g/mol. The predicted octanol–water partition coefficient (Wildman–Crippen LogP) is 1.85. The van der Waals surface area contributed by atoms with Crippen LogP contribution >= 0.6 is 0 Å². The van der Waals surface area contributed by atoms with E-state index in [0.29, 0.717) is 25.9 Å². The van der Waals surface area contributed by atoms with Crippen molar-refractivity contribution < 1.29 is 18.0 Å². The number of carbonyl (C=O) groups is 1. The van der Waals surface area contributed by atoms with Crippen LogP contribution in [0.4, 0.5) is 13.2 Å². The topological polar surface area (TPSA) is 20.3 Å². The number of rotatable bonds is 2. The van der Waals surface area contributed by atoms with Crippen molar-refractivity contribution in [3.63, 3.8) is 0 Å². The van der Waals surface area contributed by atoms with E-state index in [1.807, 2.05) is 0 Å². The third-order valence-corrected chi connectivity index (χ3v) is 2.57. The summed E-state index contributed by atoms with van der Waals surface area (Å²) >= 11 is 0. The minimum absolute atomic E-state index is 0.0283. The largest absolute Gasteiger partial charge is 0.401 e. The molecule has 1 heterocycles. The quantitative estimate of drug-likeness (QED) is 0.691. The normalized spacial score (nSPS) is 21.1. The van der Waals surface area contributed by atoms with Gasteiger partial charge in [0.2, 0.25) is 0 Å². The van der Waals surface area contributed by atoms with E-state index in [1.165, 1.54) is 11.8 Å². The molecule has 82 valence electrons. The maximum absolute atomic E-state index is 12.0. The summed E-state index contributed by atoms with van der Waals surface area (Å²) in [5, 5.41) is 0. The molecule has 0 unspecified atom stereocenters. The smallest absolute Gasteiger partial charge is 0.300 e. The molecular formula is C9H14F3NO. The van der Waals surface area contributed by atoms with Crippen molar-refractivity contribution in [2.24, 2.45) is 5.92 Å². The fraction of sp³-hybridized carbons (Fsp3) is 0.889. The lowest BCUT2D eigenvalue weighted by molar-refractivity contribution is -0.149. The molecular weight excluding hydrogens is 195 g/mol. The molecule has 1 aliphatic rings. The lowest BCUT2D eigenvalue weighted by atomic mass is 9.93. The van der Waals surface area contributed by atoms with Crippen LogP contribution in [0.2, 0.25) is 0 Å². The Labute approximate surface area is 81.1 Å². The molecule has 1 fully saturated rings. The maximum atomic E-state index is 12.0. The molecule has 0 aromatic carbocycles. The molecule has 0 N–H and O–H groups in total. The first kappa shape index (κ1) is 11.5. The number of alkyl halides is 3. The number of halogens is 3. The molecule has 0 bridgehead atoms. The van der Waals surface area contributed by atoms with Gasteiger partial charge in [0.1, 0.15) is 5.78 Å². The Kier molecular flexibility index (Phi) is 3.53. The summed E-state index contributed by atoms with van der Waals surface area (Å²) in [5.41, 5.74) is 0. The van der Waals surface area contributed by atoms with Gasteiger partial charge in [0.05, 0.1) is 6.54 Å². The van der Waals surface area contributed by atoms with E-state index in [4.69, 9.17) is 0 Å². The molecule has 2 nitrogen and oxygen atoms in total. The lowest BCUT2D eigenvalue weighted by Crippen LogP contribution is -2.41. The molecule has 0 amide bonds. The van der Waals surface area contributed by atoms with Gasteiger partial charge in [0, 0.05) is 5.92 Å². The zero-order valence-electron chi connectivity index (χ0n) is 8.10. The third-order valence-electron chi connectivity index (χ3n) is 2.57. The highest BCUT2D eigenvalue weighted by Crippen LogP contribution is 2.22. The van der Waals surface area contributed by atoms with Crippen LogP contribution in [0, 0.1) is 5.92 Å². The Balaban J connectivity index is 2.33. The Morgan fingerprint density at radius 3 is 2.21 bits per heavy atom. The van der Waals surface area contributed by atoms with Gasteiger partial charge in [0.15, 0.2) is 0 Å². The maximum Gasteiger partial charge on any atom is 0.401 e. The number of hydrogen-bond donors (Lipinski definition) is 0. The second kappa shape index (κ2) is 4.29. The van der Waals surface area contributed by atoms with Crippen LogP contribution in [0.15, 0.2) is 0 Å². The summed E-state index contributed by atoms with van der Waals surface area (Å²) in [6.07, 6.45) is -3.00. The number of Topliss-reactive ketones (excluding diaryl/α,β-unsaturated/α-hetero) is 1. The van der Waals surface area contributed by atoms with Gasteiger partial charge in [-0.05, 0) is 32.9 Å². The van der Waals surface area contributed by atoms with Crippen LogP contribution in [0.5, 0.6) is 0 Å². The van der Waals surface area contributed by atoms with Crippen molar-refractivity contribution >= 4 is 5.78 Å². The molecule has 1 aliphatic heterocycles. The highest BCUT2D eigenvalue weighted by Gasteiger charge is 2.33. The Morgan fingerprint density at radius 2 is 1.86 bits per heavy atom. The summed E-state index contributed by atoms with van der Waals surface area (Å²) in [6.45, 7) is 1.41. The molecule has 0 aromatic heterocycles. The van der Waals surface area contributed by atoms with Gasteiger partial charge in [-0.1, -0.05) is 0 Å². The second-order valence-electron chi connectivity index (χ2n) is 3.78. The molecule has 0 radical (unpaired) electrons. The van der Waals surface area contributed by atoms with Gasteiger partial charge in [-0.25, -0.2) is 0 Å². The summed E-state index contributed by atoms with van der Waals surface area (Å²) < 4.78 is 36.0. The number of nitrogens with zero attached hydrogens (tertiary/aromatic N) is 1. The van der Waals surface area contributed by atoms with Gasteiger partial charge in [0.25, 0.3) is 0 Å². The van der Waals surface area contributed by atoms with Crippen molar-refractivity contribution in [3.8, 4) is 0 Å². The van der Waals surface area contributed by atoms with Gasteiger partial charge < -0.3 is 0 Å². The van der Waals surface area contributed by atoms with Crippen molar-refractivity contribution in [1.29, 1.82) is 0 Å². The molecule has 5 heteroatoms. The first-order valence-electron chi connectivity index (χ1n) is 4.68. The SMILES string of the molecule is CC(=O)C1CCN(CC(F)(F)F)CC1. The number of hydrogen-bond acceptors (Lipinski definition) is 2. The van der Waals surface area contributed by atoms with Gasteiger partial charge in [-0.2, -0.15) is 13.2 Å². The highest BCUT2D eigenvalue weighted by atomic mass is 19.4. The average molecular weight is 209 g/mol. The third kappa shape index (κ3) is 3.65. The van der Waals surface area contributed by atoms with Crippen LogP contribution in [0.3, 0.4) is 0 Å². The summed E-state index contributed by atoms with van der Waals surface area (Å²) in [7, 11) is 0. The van der Waals surface area contributed by atoms with E-state index in [9.17, 15) is 18.0 Å². The fourth-order valence-corrected chi connectivity index (χ4v) is 1.75. The standard InChI is InChI=1S/C9H14F3NO/c1-7(14)8-2-4-13(5-3-8)6-9(10,11)12/h8H,2-6H2,1H3. The van der Waals surface area contributed by atoms with Crippen molar-refractivity contribution in [2.75, 3.05) is 19.6 Å². The van der Waals surface area contributed by atoms with Crippen molar-refractivity contribution in [1.82, 2.24) is 4.90 Å². The van der Waals surface area contributed by atoms with Crippen LogP contribution in [0.25, 0.3) is 0 Å². The van der Waals surface area contributed by atoms with E-state index in [-0.39, 0.29) is 11.7 Å². The fourth-order valence-electron chi connectivity index (χ4n) is 1.75. The van der Waals surface area contributed by atoms with Crippen molar-refractivity contribution in [2.45, 2.75) is 25.9 Å². The van der Waals surface area contributed by atoms with Gasteiger partial charge in [-0.15, -0.1) is 0 Å². The molecule has 0 saturated carbocycles. The average Bonchev–Trinajstić information content (AvgIpc) is 2.02. The van der Waals surface area contributed by atoms with E-state index < -0.39 is 12.7 Å².